The monoisotopic (exact) mass is 504 g/mol. The first-order chi connectivity index (χ1) is 18.6. The Labute approximate surface area is 220 Å². The van der Waals surface area contributed by atoms with E-state index in [1.54, 1.807) is 12.0 Å². The molecule has 2 aliphatic rings. The van der Waals surface area contributed by atoms with Crippen LogP contribution < -0.4 is 4.74 Å². The third-order valence-electron chi connectivity index (χ3n) is 8.10. The van der Waals surface area contributed by atoms with Crippen molar-refractivity contribution in [2.75, 3.05) is 20.2 Å². The van der Waals surface area contributed by atoms with Gasteiger partial charge in [0.1, 0.15) is 11.8 Å². The van der Waals surface area contributed by atoms with Crippen LogP contribution in [0.3, 0.4) is 0 Å². The van der Waals surface area contributed by atoms with Crippen LogP contribution in [0.2, 0.25) is 0 Å². The Morgan fingerprint density at radius 2 is 1.66 bits per heavy atom. The topological polar surface area (TPSA) is 81.4 Å². The fourth-order valence-corrected chi connectivity index (χ4v) is 6.24. The lowest BCUT2D eigenvalue weighted by molar-refractivity contribution is -0.158. The summed E-state index contributed by atoms with van der Waals surface area (Å²) in [6.45, 7) is 0.588. The zero-order chi connectivity index (χ0) is 25.8. The van der Waals surface area contributed by atoms with Gasteiger partial charge in [0.2, 0.25) is 11.8 Å². The Kier molecular flexibility index (Phi) is 5.25. The van der Waals surface area contributed by atoms with Crippen molar-refractivity contribution in [3.05, 3.63) is 101 Å². The summed E-state index contributed by atoms with van der Waals surface area (Å²) in [6.07, 6.45) is 3.20. The molecule has 190 valence electrons. The van der Waals surface area contributed by atoms with E-state index >= 15 is 0 Å². The summed E-state index contributed by atoms with van der Waals surface area (Å²) in [4.78, 5) is 38.2. The molecule has 7 nitrogen and oxygen atoms in total. The van der Waals surface area contributed by atoms with Crippen molar-refractivity contribution in [2.45, 2.75) is 24.9 Å². The lowest BCUT2D eigenvalue weighted by Crippen LogP contribution is -2.63. The van der Waals surface area contributed by atoms with Crippen molar-refractivity contribution in [3.8, 4) is 5.75 Å². The van der Waals surface area contributed by atoms with Gasteiger partial charge in [0.25, 0.3) is 0 Å². The Morgan fingerprint density at radius 1 is 0.921 bits per heavy atom. The predicted octanol–water partition coefficient (Wildman–Crippen LogP) is 4.59. The summed E-state index contributed by atoms with van der Waals surface area (Å²) in [5, 5.41) is 2.27. The molecule has 0 aliphatic carbocycles. The minimum Gasteiger partial charge on any atom is -0.497 e. The van der Waals surface area contributed by atoms with Gasteiger partial charge in [-0.3, -0.25) is 9.59 Å². The van der Waals surface area contributed by atoms with Gasteiger partial charge < -0.3 is 24.5 Å². The molecule has 2 aliphatic heterocycles. The van der Waals surface area contributed by atoms with Crippen molar-refractivity contribution in [2.24, 2.45) is 0 Å². The highest BCUT2D eigenvalue weighted by atomic mass is 16.5. The Bertz CT molecular complexity index is 1680. The van der Waals surface area contributed by atoms with E-state index < -0.39 is 6.04 Å². The van der Waals surface area contributed by atoms with E-state index in [0.717, 1.165) is 49.9 Å². The number of hydrogen-bond donors (Lipinski definition) is 2. The number of carbonyl (C=O) groups is 2. The van der Waals surface area contributed by atoms with E-state index in [1.807, 2.05) is 65.7 Å². The molecule has 1 fully saturated rings. The maximum atomic E-state index is 14.0. The minimum atomic E-state index is -0.543. The molecule has 7 heteroatoms. The first kappa shape index (κ1) is 22.7. The molecule has 0 saturated carbocycles. The number of nitrogens with zero attached hydrogens (tertiary/aromatic N) is 2. The van der Waals surface area contributed by atoms with Gasteiger partial charge in [0.15, 0.2) is 0 Å². The molecule has 2 aromatic heterocycles. The highest BCUT2D eigenvalue weighted by Gasteiger charge is 2.48. The Hall–Kier alpha value is -4.52. The molecule has 38 heavy (non-hydrogen) atoms. The molecule has 1 saturated heterocycles. The number of methoxy groups -OCH3 is 1. The number of carbonyl (C=O) groups excluding carboxylic acids is 2. The fraction of sp³-hybridized carbons (Fsp3) is 0.226. The number of fused-ring (bicyclic) bond motifs is 5. The maximum Gasteiger partial charge on any atom is 0.246 e. The molecule has 0 spiro atoms. The summed E-state index contributed by atoms with van der Waals surface area (Å²) in [6, 6.07) is 23.2. The molecular weight excluding hydrogens is 476 g/mol. The van der Waals surface area contributed by atoms with E-state index in [1.165, 1.54) is 0 Å². The molecule has 4 heterocycles. The average molecular weight is 505 g/mol. The second kappa shape index (κ2) is 8.80. The van der Waals surface area contributed by atoms with E-state index in [0.29, 0.717) is 19.4 Å². The SMILES string of the molecule is COc1ccc([C@H]2c3[nH]c4ccccc4c3C[C@H]3C(=O)N(CCc4c[nH]c5ccccc45)CC(=O)N23)cc1. The van der Waals surface area contributed by atoms with E-state index in [-0.39, 0.29) is 24.4 Å². The van der Waals surface area contributed by atoms with Crippen LogP contribution in [0.1, 0.15) is 28.4 Å². The van der Waals surface area contributed by atoms with Gasteiger partial charge >= 0.3 is 0 Å². The number of aromatic amines is 2. The second-order valence-corrected chi connectivity index (χ2v) is 10.1. The van der Waals surface area contributed by atoms with E-state index in [4.69, 9.17) is 4.74 Å². The number of nitrogens with one attached hydrogen (secondary N) is 2. The molecule has 2 amide bonds. The number of piperazine rings is 1. The maximum absolute atomic E-state index is 14.0. The van der Waals surface area contributed by atoms with Gasteiger partial charge in [-0.1, -0.05) is 48.5 Å². The van der Waals surface area contributed by atoms with Crippen molar-refractivity contribution in [1.82, 2.24) is 19.8 Å². The molecule has 5 aromatic rings. The van der Waals surface area contributed by atoms with Gasteiger partial charge in [-0.05, 0) is 47.4 Å². The van der Waals surface area contributed by atoms with Crippen LogP contribution in [0.4, 0.5) is 0 Å². The fourth-order valence-electron chi connectivity index (χ4n) is 6.24. The lowest BCUT2D eigenvalue weighted by atomic mass is 9.86. The average Bonchev–Trinajstić information content (AvgIpc) is 3.54. The van der Waals surface area contributed by atoms with Crippen LogP contribution in [-0.4, -0.2) is 57.8 Å². The van der Waals surface area contributed by atoms with Crippen molar-refractivity contribution in [1.29, 1.82) is 0 Å². The summed E-state index contributed by atoms with van der Waals surface area (Å²) in [7, 11) is 1.64. The van der Waals surface area contributed by atoms with Crippen molar-refractivity contribution < 1.29 is 14.3 Å². The smallest absolute Gasteiger partial charge is 0.246 e. The zero-order valence-corrected chi connectivity index (χ0v) is 21.1. The number of para-hydroxylation sites is 2. The van der Waals surface area contributed by atoms with Crippen LogP contribution in [0.25, 0.3) is 21.8 Å². The first-order valence-corrected chi connectivity index (χ1v) is 13.0. The van der Waals surface area contributed by atoms with Gasteiger partial charge in [-0.25, -0.2) is 0 Å². The Balaban J connectivity index is 1.25. The number of hydrogen-bond acceptors (Lipinski definition) is 3. The van der Waals surface area contributed by atoms with Gasteiger partial charge in [-0.15, -0.1) is 0 Å². The number of aromatic nitrogens is 2. The molecule has 0 radical (unpaired) electrons. The summed E-state index contributed by atoms with van der Waals surface area (Å²) in [5.41, 5.74) is 6.31. The van der Waals surface area contributed by atoms with Gasteiger partial charge in [0.05, 0.1) is 19.7 Å². The third-order valence-corrected chi connectivity index (χ3v) is 8.10. The second-order valence-electron chi connectivity index (χ2n) is 10.1. The van der Waals surface area contributed by atoms with Crippen LogP contribution in [0.15, 0.2) is 79.0 Å². The largest absolute Gasteiger partial charge is 0.497 e. The highest BCUT2D eigenvalue weighted by Crippen LogP contribution is 2.42. The zero-order valence-electron chi connectivity index (χ0n) is 21.1. The normalized spacial score (nSPS) is 19.2. The Morgan fingerprint density at radius 3 is 2.45 bits per heavy atom. The summed E-state index contributed by atoms with van der Waals surface area (Å²) >= 11 is 0. The van der Waals surface area contributed by atoms with E-state index in [9.17, 15) is 9.59 Å². The van der Waals surface area contributed by atoms with Crippen LogP contribution in [-0.2, 0) is 22.4 Å². The molecule has 2 N–H and O–H groups in total. The van der Waals surface area contributed by atoms with Crippen molar-refractivity contribution >= 4 is 33.6 Å². The molecule has 2 atom stereocenters. The summed E-state index contributed by atoms with van der Waals surface area (Å²) in [5.74, 6) is 0.736. The number of H-pyrrole nitrogens is 2. The predicted molar refractivity (Wildman–Crippen MR) is 146 cm³/mol. The quantitative estimate of drug-likeness (QED) is 0.368. The molecule has 3 aromatic carbocycles. The van der Waals surface area contributed by atoms with Gasteiger partial charge in [0, 0.05) is 46.7 Å². The van der Waals surface area contributed by atoms with Crippen LogP contribution >= 0.6 is 0 Å². The van der Waals surface area contributed by atoms with Crippen LogP contribution in [0.5, 0.6) is 5.75 Å². The molecular formula is C31H28N4O3. The third kappa shape index (κ3) is 3.49. The molecule has 7 rings (SSSR count). The van der Waals surface area contributed by atoms with Crippen LogP contribution in [0, 0.1) is 0 Å². The van der Waals surface area contributed by atoms with Gasteiger partial charge in [-0.2, -0.15) is 0 Å². The lowest BCUT2D eigenvalue weighted by Gasteiger charge is -2.47. The number of ether oxygens (including phenoxy) is 1. The first-order valence-electron chi connectivity index (χ1n) is 13.0. The van der Waals surface area contributed by atoms with E-state index in [2.05, 4.69) is 28.2 Å². The number of amides is 2. The standard InChI is InChI=1S/C31H28N4O3/c1-38-21-12-10-19(11-13-21)30-29-24(23-7-3-5-9-26(23)33-29)16-27-31(37)34(18-28(36)35(27)30)15-14-20-17-32-25-8-4-2-6-22(20)25/h2-13,17,27,30,32-33H,14-16,18H2,1H3/t27-,30-/m0/s1. The molecule has 0 bridgehead atoms. The highest BCUT2D eigenvalue weighted by molar-refractivity contribution is 5.97. The molecule has 0 unspecified atom stereocenters. The minimum absolute atomic E-state index is 0.0129. The summed E-state index contributed by atoms with van der Waals surface area (Å²) < 4.78 is 5.37. The van der Waals surface area contributed by atoms with Crippen molar-refractivity contribution in [3.63, 3.8) is 0 Å². The number of benzene rings is 3. The number of rotatable bonds is 5.